The van der Waals surface area contributed by atoms with Gasteiger partial charge in [0, 0.05) is 17.4 Å². The number of hydrogen-bond acceptors (Lipinski definition) is 7. The number of rotatable bonds is 10. The van der Waals surface area contributed by atoms with Crippen LogP contribution in [0.25, 0.3) is 5.69 Å². The van der Waals surface area contributed by atoms with Crippen molar-refractivity contribution in [2.45, 2.75) is 71.1 Å². The average Bonchev–Trinajstić information content (AvgIpc) is 3.43. The molecule has 41 heavy (non-hydrogen) atoms. The summed E-state index contributed by atoms with van der Waals surface area (Å²) in [6.07, 6.45) is 14.2. The number of aromatic amines is 1. The van der Waals surface area contributed by atoms with Crippen LogP contribution in [0.3, 0.4) is 0 Å². The van der Waals surface area contributed by atoms with Crippen molar-refractivity contribution in [2.24, 2.45) is 5.92 Å². The molecule has 0 radical (unpaired) electrons. The zero-order valence-electron chi connectivity index (χ0n) is 24.2. The van der Waals surface area contributed by atoms with Gasteiger partial charge in [-0.2, -0.15) is 0 Å². The minimum atomic E-state index is -0.527. The Bertz CT molecular complexity index is 1590. The molecule has 216 valence electrons. The largest absolute Gasteiger partial charge is 0.494 e. The Hall–Kier alpha value is -4.14. The van der Waals surface area contributed by atoms with E-state index in [1.165, 1.54) is 11.1 Å². The molecule has 0 saturated carbocycles. The van der Waals surface area contributed by atoms with Gasteiger partial charge in [0.2, 0.25) is 0 Å². The number of hydrogen-bond donors (Lipinski definition) is 1. The van der Waals surface area contributed by atoms with Crippen molar-refractivity contribution in [1.29, 1.82) is 0 Å². The monoisotopic (exact) mass is 558 g/mol. The van der Waals surface area contributed by atoms with Gasteiger partial charge < -0.3 is 9.47 Å². The highest BCUT2D eigenvalue weighted by molar-refractivity contribution is 5.42. The highest BCUT2D eigenvalue weighted by Crippen LogP contribution is 2.45. The van der Waals surface area contributed by atoms with Gasteiger partial charge in [-0.05, 0) is 69.2 Å². The zero-order chi connectivity index (χ0) is 29.0. The average molecular weight is 559 g/mol. The van der Waals surface area contributed by atoms with E-state index in [-0.39, 0.29) is 22.9 Å². The SMILES string of the molecule is CCCc1nc(OC)n(-c2ccc(OCC)cc2)c(=O)c1CC1=CC=C(C2CC=CCC2(C)c2noc(=O)[nH]2)CC1. The molecule has 0 saturated heterocycles. The number of allylic oxidation sites excluding steroid dienone is 6. The predicted molar refractivity (Wildman–Crippen MR) is 157 cm³/mol. The number of methoxy groups -OCH3 is 1. The molecule has 0 spiro atoms. The maximum Gasteiger partial charge on any atom is 0.438 e. The molecule has 5 rings (SSSR count). The lowest BCUT2D eigenvalue weighted by Gasteiger charge is -2.39. The third-order valence-electron chi connectivity index (χ3n) is 8.26. The predicted octanol–water partition coefficient (Wildman–Crippen LogP) is 5.38. The smallest absolute Gasteiger partial charge is 0.438 e. The summed E-state index contributed by atoms with van der Waals surface area (Å²) in [7, 11) is 1.54. The van der Waals surface area contributed by atoms with Gasteiger partial charge in [-0.3, -0.25) is 14.3 Å². The highest BCUT2D eigenvalue weighted by atomic mass is 16.5. The van der Waals surface area contributed by atoms with Crippen molar-refractivity contribution in [3.05, 3.63) is 97.7 Å². The van der Waals surface area contributed by atoms with E-state index in [2.05, 4.69) is 48.3 Å². The molecule has 2 heterocycles. The maximum atomic E-state index is 14.0. The molecule has 2 aromatic heterocycles. The van der Waals surface area contributed by atoms with E-state index < -0.39 is 5.76 Å². The van der Waals surface area contributed by atoms with Gasteiger partial charge in [-0.1, -0.05) is 60.9 Å². The minimum absolute atomic E-state index is 0.111. The standard InChI is InChI=1S/C32H38N4O5/c1-5-9-27-25(28(37)36(30(33-27)39-4)23-15-17-24(18-16-23)40-6-2)20-21-11-13-22(14-12-21)26-10-7-8-19-32(26,3)29-34-31(38)41-35-29/h7-8,11,13,15-18,26H,5-6,9-10,12,14,19-20H2,1-4H3,(H,34,35,38). The molecule has 9 nitrogen and oxygen atoms in total. The van der Waals surface area contributed by atoms with Crippen LogP contribution in [0.15, 0.2) is 73.8 Å². The molecule has 1 N–H and O–H groups in total. The normalized spacial score (nSPS) is 20.4. The number of aromatic nitrogens is 4. The van der Waals surface area contributed by atoms with Crippen molar-refractivity contribution in [3.63, 3.8) is 0 Å². The van der Waals surface area contributed by atoms with Crippen LogP contribution in [0, 0.1) is 5.92 Å². The lowest BCUT2D eigenvalue weighted by Crippen LogP contribution is -2.36. The molecule has 2 unspecified atom stereocenters. The number of ether oxygens (including phenoxy) is 2. The fourth-order valence-electron chi connectivity index (χ4n) is 6.04. The van der Waals surface area contributed by atoms with Gasteiger partial charge in [-0.15, -0.1) is 0 Å². The van der Waals surface area contributed by atoms with Crippen LogP contribution in [0.4, 0.5) is 0 Å². The fourth-order valence-corrected chi connectivity index (χ4v) is 6.04. The van der Waals surface area contributed by atoms with E-state index in [4.69, 9.17) is 19.0 Å². The summed E-state index contributed by atoms with van der Waals surface area (Å²) < 4.78 is 17.6. The summed E-state index contributed by atoms with van der Waals surface area (Å²) in [6, 6.07) is 7.69. The Morgan fingerprint density at radius 2 is 1.93 bits per heavy atom. The van der Waals surface area contributed by atoms with Crippen molar-refractivity contribution in [1.82, 2.24) is 19.7 Å². The van der Waals surface area contributed by atoms with Crippen LogP contribution in [-0.4, -0.2) is 33.4 Å². The second kappa shape index (κ2) is 12.2. The first-order valence-electron chi connectivity index (χ1n) is 14.4. The molecule has 1 aromatic carbocycles. The Kier molecular flexibility index (Phi) is 8.42. The Morgan fingerprint density at radius 1 is 1.12 bits per heavy atom. The van der Waals surface area contributed by atoms with Gasteiger partial charge in [0.05, 0.1) is 25.1 Å². The molecular weight excluding hydrogens is 520 g/mol. The van der Waals surface area contributed by atoms with Crippen molar-refractivity contribution >= 4 is 0 Å². The van der Waals surface area contributed by atoms with Crippen molar-refractivity contribution < 1.29 is 14.0 Å². The molecular formula is C32H38N4O5. The van der Waals surface area contributed by atoms with Gasteiger partial charge in [0.15, 0.2) is 5.82 Å². The van der Waals surface area contributed by atoms with Crippen LogP contribution >= 0.6 is 0 Å². The summed E-state index contributed by atoms with van der Waals surface area (Å²) >= 11 is 0. The lowest BCUT2D eigenvalue weighted by atomic mass is 9.65. The second-order valence-electron chi connectivity index (χ2n) is 10.9. The Labute approximate surface area is 239 Å². The van der Waals surface area contributed by atoms with Crippen LogP contribution in [0.2, 0.25) is 0 Å². The maximum absolute atomic E-state index is 14.0. The molecule has 2 aliphatic carbocycles. The highest BCUT2D eigenvalue weighted by Gasteiger charge is 2.41. The van der Waals surface area contributed by atoms with Crippen LogP contribution in [0.1, 0.15) is 70.0 Å². The molecule has 9 heteroatoms. The van der Waals surface area contributed by atoms with Crippen LogP contribution in [-0.2, 0) is 18.3 Å². The zero-order valence-corrected chi connectivity index (χ0v) is 24.2. The van der Waals surface area contributed by atoms with E-state index in [1.54, 1.807) is 11.7 Å². The molecule has 0 fully saturated rings. The van der Waals surface area contributed by atoms with E-state index in [9.17, 15) is 9.59 Å². The summed E-state index contributed by atoms with van der Waals surface area (Å²) in [4.78, 5) is 33.3. The topological polar surface area (TPSA) is 112 Å². The molecule has 2 atom stereocenters. The first-order valence-corrected chi connectivity index (χ1v) is 14.4. The Morgan fingerprint density at radius 3 is 2.56 bits per heavy atom. The number of aryl methyl sites for hydroxylation is 1. The molecule has 0 amide bonds. The van der Waals surface area contributed by atoms with Crippen molar-refractivity contribution in [2.75, 3.05) is 13.7 Å². The number of nitrogens with one attached hydrogen (secondary N) is 1. The third kappa shape index (κ3) is 5.71. The summed E-state index contributed by atoms with van der Waals surface area (Å²) in [5.41, 5.74) is 4.22. The Balaban J connectivity index is 1.47. The van der Waals surface area contributed by atoms with E-state index in [0.717, 1.165) is 43.5 Å². The van der Waals surface area contributed by atoms with Crippen LogP contribution in [0.5, 0.6) is 11.8 Å². The van der Waals surface area contributed by atoms with Gasteiger partial charge in [-0.25, -0.2) is 14.3 Å². The summed E-state index contributed by atoms with van der Waals surface area (Å²) in [5.74, 6) is 1.01. The van der Waals surface area contributed by atoms with E-state index >= 15 is 0 Å². The lowest BCUT2D eigenvalue weighted by molar-refractivity contribution is 0.283. The first kappa shape index (κ1) is 28.4. The number of benzene rings is 1. The first-order chi connectivity index (χ1) is 19.9. The van der Waals surface area contributed by atoms with Gasteiger partial charge in [0.1, 0.15) is 5.75 Å². The molecule has 0 bridgehead atoms. The fraction of sp³-hybridized carbons (Fsp3) is 0.438. The molecule has 0 aliphatic heterocycles. The number of H-pyrrole nitrogens is 1. The summed E-state index contributed by atoms with van der Waals surface area (Å²) in [5, 5.41) is 4.04. The third-order valence-corrected chi connectivity index (χ3v) is 8.26. The number of nitrogens with zero attached hydrogens (tertiary/aromatic N) is 3. The quantitative estimate of drug-likeness (QED) is 0.332. The van der Waals surface area contributed by atoms with Crippen molar-refractivity contribution in [3.8, 4) is 17.4 Å². The summed E-state index contributed by atoms with van der Waals surface area (Å²) in [6.45, 7) is 6.73. The van der Waals surface area contributed by atoms with E-state index in [0.29, 0.717) is 36.5 Å². The van der Waals surface area contributed by atoms with E-state index in [1.807, 2.05) is 31.2 Å². The van der Waals surface area contributed by atoms with Gasteiger partial charge in [0.25, 0.3) is 5.56 Å². The van der Waals surface area contributed by atoms with Crippen LogP contribution < -0.4 is 20.8 Å². The van der Waals surface area contributed by atoms with Gasteiger partial charge >= 0.3 is 11.8 Å². The molecule has 2 aliphatic rings. The molecule has 3 aromatic rings. The minimum Gasteiger partial charge on any atom is -0.494 e. The second-order valence-corrected chi connectivity index (χ2v) is 10.9.